The van der Waals surface area contributed by atoms with Crippen molar-refractivity contribution in [1.29, 1.82) is 0 Å². The van der Waals surface area contributed by atoms with Crippen LogP contribution in [0.3, 0.4) is 0 Å². The Bertz CT molecular complexity index is 279. The normalized spacial score (nSPS) is 19.2. The predicted molar refractivity (Wildman–Crippen MR) is 47.2 cm³/mol. The Morgan fingerprint density at radius 1 is 1.50 bits per heavy atom. The van der Waals surface area contributed by atoms with Gasteiger partial charge in [0.15, 0.2) is 0 Å². The first-order valence-electron chi connectivity index (χ1n) is 3.94. The average molecular weight is 184 g/mol. The quantitative estimate of drug-likeness (QED) is 0.657. The second kappa shape index (κ2) is 2.71. The number of rotatable bonds is 2. The van der Waals surface area contributed by atoms with Gasteiger partial charge in [-0.3, -0.25) is 0 Å². The van der Waals surface area contributed by atoms with Crippen LogP contribution in [-0.4, -0.2) is 12.1 Å². The number of hydrogen-bond acceptors (Lipinski definition) is 2. The van der Waals surface area contributed by atoms with Crippen molar-refractivity contribution >= 4 is 11.6 Å². The maximum atomic E-state index is 5.67. The fourth-order valence-electron chi connectivity index (χ4n) is 1.37. The van der Waals surface area contributed by atoms with Gasteiger partial charge >= 0.3 is 0 Å². The molecule has 0 radical (unpaired) electrons. The first-order valence-corrected chi connectivity index (χ1v) is 4.32. The maximum Gasteiger partial charge on any atom is 0.129 e. The minimum atomic E-state index is -0.0441. The average Bonchev–Trinajstić information content (AvgIpc) is 2.86. The third-order valence-electron chi connectivity index (χ3n) is 2.35. The Balaban J connectivity index is 2.29. The van der Waals surface area contributed by atoms with E-state index in [-0.39, 0.29) is 5.60 Å². The summed E-state index contributed by atoms with van der Waals surface area (Å²) in [5.41, 5.74) is 1.09. The molecular formula is C9H10ClNO. The van der Waals surface area contributed by atoms with Gasteiger partial charge in [0.2, 0.25) is 0 Å². The zero-order valence-corrected chi connectivity index (χ0v) is 7.64. The first kappa shape index (κ1) is 8.02. The molecule has 0 spiro atoms. The van der Waals surface area contributed by atoms with Crippen LogP contribution in [0.15, 0.2) is 18.3 Å². The summed E-state index contributed by atoms with van der Waals surface area (Å²) >= 11 is 5.67. The fourth-order valence-corrected chi connectivity index (χ4v) is 1.48. The van der Waals surface area contributed by atoms with Crippen LogP contribution in [0.25, 0.3) is 0 Å². The van der Waals surface area contributed by atoms with Crippen LogP contribution in [0.4, 0.5) is 0 Å². The lowest BCUT2D eigenvalue weighted by Gasteiger charge is -2.12. The Labute approximate surface area is 76.5 Å². The smallest absolute Gasteiger partial charge is 0.129 e. The Hall–Kier alpha value is -0.600. The van der Waals surface area contributed by atoms with Crippen LogP contribution in [0.5, 0.6) is 0 Å². The van der Waals surface area contributed by atoms with Gasteiger partial charge in [-0.25, -0.2) is 4.98 Å². The zero-order chi connectivity index (χ0) is 8.60. The molecule has 0 N–H and O–H groups in total. The van der Waals surface area contributed by atoms with Crippen LogP contribution in [0, 0.1) is 0 Å². The van der Waals surface area contributed by atoms with E-state index in [0.29, 0.717) is 5.15 Å². The molecule has 2 rings (SSSR count). The molecule has 2 nitrogen and oxygen atoms in total. The lowest BCUT2D eigenvalue weighted by atomic mass is 10.1. The summed E-state index contributed by atoms with van der Waals surface area (Å²) in [5.74, 6) is 0. The minimum absolute atomic E-state index is 0.0441. The van der Waals surface area contributed by atoms with Gasteiger partial charge in [0.1, 0.15) is 5.15 Å². The molecular weight excluding hydrogens is 174 g/mol. The van der Waals surface area contributed by atoms with E-state index in [1.807, 2.05) is 6.07 Å². The molecule has 0 saturated heterocycles. The van der Waals surface area contributed by atoms with Crippen LogP contribution >= 0.6 is 11.6 Å². The molecule has 1 saturated carbocycles. The van der Waals surface area contributed by atoms with E-state index in [9.17, 15) is 0 Å². The van der Waals surface area contributed by atoms with Gasteiger partial charge < -0.3 is 4.74 Å². The summed E-state index contributed by atoms with van der Waals surface area (Å²) in [6.07, 6.45) is 3.97. The molecule has 1 aliphatic rings. The third-order valence-corrected chi connectivity index (χ3v) is 2.57. The van der Waals surface area contributed by atoms with Gasteiger partial charge in [-0.1, -0.05) is 17.7 Å². The van der Waals surface area contributed by atoms with E-state index in [0.717, 1.165) is 18.4 Å². The highest BCUT2D eigenvalue weighted by atomic mass is 35.5. The van der Waals surface area contributed by atoms with Crippen molar-refractivity contribution in [1.82, 2.24) is 4.98 Å². The number of halogens is 1. The molecule has 0 bridgehead atoms. The van der Waals surface area contributed by atoms with Gasteiger partial charge in [-0.15, -0.1) is 0 Å². The van der Waals surface area contributed by atoms with Gasteiger partial charge in [-0.2, -0.15) is 0 Å². The Morgan fingerprint density at radius 2 is 2.25 bits per heavy atom. The highest BCUT2D eigenvalue weighted by molar-refractivity contribution is 6.29. The summed E-state index contributed by atoms with van der Waals surface area (Å²) in [6.45, 7) is 0. The number of aromatic nitrogens is 1. The summed E-state index contributed by atoms with van der Waals surface area (Å²) < 4.78 is 5.39. The van der Waals surface area contributed by atoms with Gasteiger partial charge in [0, 0.05) is 18.9 Å². The largest absolute Gasteiger partial charge is 0.373 e. The van der Waals surface area contributed by atoms with Gasteiger partial charge in [0.05, 0.1) is 5.60 Å². The summed E-state index contributed by atoms with van der Waals surface area (Å²) in [7, 11) is 1.74. The van der Waals surface area contributed by atoms with Gasteiger partial charge in [0.25, 0.3) is 0 Å². The molecule has 0 aliphatic heterocycles. The molecule has 1 aliphatic carbocycles. The predicted octanol–water partition coefficient (Wildman–Crippen LogP) is 2.37. The van der Waals surface area contributed by atoms with Crippen molar-refractivity contribution in [2.45, 2.75) is 18.4 Å². The fraction of sp³-hybridized carbons (Fsp3) is 0.444. The summed E-state index contributed by atoms with van der Waals surface area (Å²) in [6, 6.07) is 3.78. The molecule has 12 heavy (non-hydrogen) atoms. The Kier molecular flexibility index (Phi) is 1.81. The van der Waals surface area contributed by atoms with Crippen molar-refractivity contribution in [3.05, 3.63) is 29.0 Å². The molecule has 0 amide bonds. The molecule has 0 atom stereocenters. The number of nitrogens with zero attached hydrogens (tertiary/aromatic N) is 1. The molecule has 0 aromatic carbocycles. The van der Waals surface area contributed by atoms with Crippen molar-refractivity contribution in [2.24, 2.45) is 0 Å². The Morgan fingerprint density at radius 3 is 2.67 bits per heavy atom. The number of methoxy groups -OCH3 is 1. The summed E-state index contributed by atoms with van der Waals surface area (Å²) in [5, 5.41) is 0.533. The van der Waals surface area contributed by atoms with Crippen LogP contribution in [0.1, 0.15) is 18.4 Å². The van der Waals surface area contributed by atoms with E-state index in [1.54, 1.807) is 19.4 Å². The van der Waals surface area contributed by atoms with Gasteiger partial charge in [-0.05, 0) is 18.9 Å². The lowest BCUT2D eigenvalue weighted by Crippen LogP contribution is -2.08. The molecule has 3 heteroatoms. The summed E-state index contributed by atoms with van der Waals surface area (Å²) in [4.78, 5) is 4.02. The molecule has 0 unspecified atom stereocenters. The van der Waals surface area contributed by atoms with E-state index < -0.39 is 0 Å². The molecule has 64 valence electrons. The molecule has 1 fully saturated rings. The van der Waals surface area contributed by atoms with Crippen LogP contribution in [-0.2, 0) is 10.3 Å². The number of hydrogen-bond donors (Lipinski definition) is 0. The SMILES string of the molecule is COC1(c2ccc(Cl)nc2)CC1. The second-order valence-corrected chi connectivity index (χ2v) is 3.46. The van der Waals surface area contributed by atoms with E-state index in [1.165, 1.54) is 0 Å². The lowest BCUT2D eigenvalue weighted by molar-refractivity contribution is 0.0786. The van der Waals surface area contributed by atoms with E-state index in [4.69, 9.17) is 16.3 Å². The van der Waals surface area contributed by atoms with Crippen LogP contribution < -0.4 is 0 Å². The third kappa shape index (κ3) is 1.21. The monoisotopic (exact) mass is 183 g/mol. The maximum absolute atomic E-state index is 5.67. The first-order chi connectivity index (χ1) is 5.77. The van der Waals surface area contributed by atoms with Crippen molar-refractivity contribution in [3.63, 3.8) is 0 Å². The molecule has 1 aromatic heterocycles. The standard InChI is InChI=1S/C9H10ClNO/c1-12-9(4-5-9)7-2-3-8(10)11-6-7/h2-3,6H,4-5H2,1H3. The molecule has 1 heterocycles. The van der Waals surface area contributed by atoms with E-state index in [2.05, 4.69) is 4.98 Å². The zero-order valence-electron chi connectivity index (χ0n) is 6.88. The number of pyridine rings is 1. The minimum Gasteiger partial charge on any atom is -0.373 e. The topological polar surface area (TPSA) is 22.1 Å². The van der Waals surface area contributed by atoms with Crippen molar-refractivity contribution < 1.29 is 4.74 Å². The molecule has 1 aromatic rings. The van der Waals surface area contributed by atoms with Crippen molar-refractivity contribution in [3.8, 4) is 0 Å². The van der Waals surface area contributed by atoms with Crippen molar-refractivity contribution in [2.75, 3.05) is 7.11 Å². The van der Waals surface area contributed by atoms with Crippen LogP contribution in [0.2, 0.25) is 5.15 Å². The second-order valence-electron chi connectivity index (χ2n) is 3.07. The highest BCUT2D eigenvalue weighted by Crippen LogP contribution is 2.48. The number of ether oxygens (including phenoxy) is 1. The van der Waals surface area contributed by atoms with E-state index >= 15 is 0 Å². The highest BCUT2D eigenvalue weighted by Gasteiger charge is 2.44.